The Balaban J connectivity index is 1.97. The van der Waals surface area contributed by atoms with E-state index in [4.69, 9.17) is 0 Å². The summed E-state index contributed by atoms with van der Waals surface area (Å²) in [6.45, 7) is 0.806. The minimum atomic E-state index is -0.433. The van der Waals surface area contributed by atoms with Crippen molar-refractivity contribution in [2.24, 2.45) is 0 Å². The maximum atomic E-state index is 10.7. The van der Waals surface area contributed by atoms with Crippen molar-refractivity contribution >= 4 is 28.0 Å². The normalized spacial score (nSPS) is 15.0. The molecule has 1 aliphatic heterocycles. The Morgan fingerprint density at radius 2 is 2.32 bits per heavy atom. The van der Waals surface area contributed by atoms with Gasteiger partial charge in [-0.05, 0) is 24.5 Å². The molecule has 0 saturated carbocycles. The molecule has 3 heterocycles. The highest BCUT2D eigenvalue weighted by molar-refractivity contribution is 7.13. The van der Waals surface area contributed by atoms with E-state index >= 15 is 0 Å². The molecule has 0 saturated heterocycles. The first-order chi connectivity index (χ1) is 10.7. The van der Waals surface area contributed by atoms with Gasteiger partial charge in [-0.15, -0.1) is 10.2 Å². The van der Waals surface area contributed by atoms with Crippen molar-refractivity contribution in [3.63, 3.8) is 0 Å². The third kappa shape index (κ3) is 2.76. The summed E-state index contributed by atoms with van der Waals surface area (Å²) in [6.07, 6.45) is 5.77. The number of fused-ring (bicyclic) bond motifs is 1. The molecule has 2 aromatic heterocycles. The molecule has 0 radical (unpaired) electrons. The highest BCUT2D eigenvalue weighted by Crippen LogP contribution is 2.26. The molecule has 2 aromatic rings. The molecule has 1 aliphatic rings. The largest absolute Gasteiger partial charge is 0.324 e. The minimum absolute atomic E-state index is 0.0589. The van der Waals surface area contributed by atoms with Gasteiger partial charge < -0.3 is 4.57 Å². The summed E-state index contributed by atoms with van der Waals surface area (Å²) in [7, 11) is 0. The Morgan fingerprint density at radius 1 is 1.45 bits per heavy atom. The minimum Gasteiger partial charge on any atom is -0.310 e. The average Bonchev–Trinajstić information content (AvgIpc) is 3.06. The van der Waals surface area contributed by atoms with E-state index in [1.165, 1.54) is 6.07 Å². The second-order valence-electron chi connectivity index (χ2n) is 5.05. The molecule has 3 rings (SSSR count). The molecule has 0 atom stereocenters. The van der Waals surface area contributed by atoms with Crippen LogP contribution in [0.4, 0.5) is 5.00 Å². The zero-order valence-corrected chi connectivity index (χ0v) is 12.5. The predicted molar refractivity (Wildman–Crippen MR) is 82.0 cm³/mol. The lowest BCUT2D eigenvalue weighted by atomic mass is 10.2. The van der Waals surface area contributed by atoms with Gasteiger partial charge >= 0.3 is 5.00 Å². The second kappa shape index (κ2) is 6.07. The van der Waals surface area contributed by atoms with Crippen LogP contribution < -0.4 is 0 Å². The van der Waals surface area contributed by atoms with Crippen molar-refractivity contribution in [1.82, 2.24) is 14.8 Å². The van der Waals surface area contributed by atoms with Gasteiger partial charge in [-0.2, -0.15) is 5.26 Å². The Kier molecular flexibility index (Phi) is 3.98. The van der Waals surface area contributed by atoms with Gasteiger partial charge in [0.1, 0.15) is 11.9 Å². The molecule has 0 fully saturated rings. The van der Waals surface area contributed by atoms with Gasteiger partial charge in [-0.3, -0.25) is 10.1 Å². The number of allylic oxidation sites excluding steroid dienone is 1. The third-order valence-electron chi connectivity index (χ3n) is 3.57. The number of aromatic nitrogens is 3. The van der Waals surface area contributed by atoms with E-state index in [0.717, 1.165) is 49.4 Å². The van der Waals surface area contributed by atoms with Crippen LogP contribution in [-0.2, 0) is 13.0 Å². The molecular weight excluding hydrogens is 302 g/mol. The number of nitriles is 1. The smallest absolute Gasteiger partial charge is 0.310 e. The molecule has 0 aromatic carbocycles. The number of nitro groups is 1. The first kappa shape index (κ1) is 14.4. The summed E-state index contributed by atoms with van der Waals surface area (Å²) >= 11 is 1.04. The van der Waals surface area contributed by atoms with Crippen LogP contribution in [0.1, 0.15) is 36.5 Å². The van der Waals surface area contributed by atoms with Gasteiger partial charge in [0.05, 0.1) is 10.5 Å². The highest BCUT2D eigenvalue weighted by Gasteiger charge is 2.18. The maximum absolute atomic E-state index is 10.7. The van der Waals surface area contributed by atoms with Crippen molar-refractivity contribution in [1.29, 1.82) is 5.26 Å². The lowest BCUT2D eigenvalue weighted by Crippen LogP contribution is -2.05. The van der Waals surface area contributed by atoms with Gasteiger partial charge in [-0.25, -0.2) is 0 Å². The fourth-order valence-electron chi connectivity index (χ4n) is 2.51. The predicted octanol–water partition coefficient (Wildman–Crippen LogP) is 3.04. The van der Waals surface area contributed by atoms with E-state index < -0.39 is 4.92 Å². The van der Waals surface area contributed by atoms with E-state index in [0.29, 0.717) is 17.0 Å². The summed E-state index contributed by atoms with van der Waals surface area (Å²) in [5.74, 6) is 1.46. The van der Waals surface area contributed by atoms with Crippen molar-refractivity contribution < 1.29 is 4.92 Å². The molecule has 7 nitrogen and oxygen atoms in total. The molecule has 0 N–H and O–H groups in total. The summed E-state index contributed by atoms with van der Waals surface area (Å²) in [5.41, 5.74) is 1.02. The Hall–Kier alpha value is -2.53. The van der Waals surface area contributed by atoms with Gasteiger partial charge in [0.2, 0.25) is 0 Å². The molecule has 0 amide bonds. The van der Waals surface area contributed by atoms with E-state index in [1.54, 1.807) is 11.5 Å². The first-order valence-corrected chi connectivity index (χ1v) is 7.84. The molecule has 0 spiro atoms. The van der Waals surface area contributed by atoms with E-state index in [-0.39, 0.29) is 5.00 Å². The molecule has 0 bridgehead atoms. The Morgan fingerprint density at radius 3 is 3.05 bits per heavy atom. The van der Waals surface area contributed by atoms with E-state index in [2.05, 4.69) is 16.3 Å². The number of hydrogen-bond donors (Lipinski definition) is 0. The molecule has 0 aliphatic carbocycles. The molecule has 22 heavy (non-hydrogen) atoms. The topological polar surface area (TPSA) is 97.6 Å². The fraction of sp³-hybridized carbons (Fsp3) is 0.357. The number of hydrogen-bond acceptors (Lipinski definition) is 6. The summed E-state index contributed by atoms with van der Waals surface area (Å²) < 4.78 is 1.99. The Labute approximate surface area is 130 Å². The van der Waals surface area contributed by atoms with Crippen molar-refractivity contribution in [3.8, 4) is 6.07 Å². The van der Waals surface area contributed by atoms with Crippen LogP contribution in [0.5, 0.6) is 0 Å². The van der Waals surface area contributed by atoms with Crippen molar-refractivity contribution in [2.75, 3.05) is 0 Å². The number of aryl methyl sites for hydroxylation is 1. The highest BCUT2D eigenvalue weighted by atomic mass is 32.1. The van der Waals surface area contributed by atoms with E-state index in [1.807, 2.05) is 4.57 Å². The van der Waals surface area contributed by atoms with Crippen LogP contribution in [0.3, 0.4) is 0 Å². The zero-order chi connectivity index (χ0) is 15.5. The summed E-state index contributed by atoms with van der Waals surface area (Å²) in [4.78, 5) is 10.3. The second-order valence-corrected chi connectivity index (χ2v) is 5.94. The van der Waals surface area contributed by atoms with Gasteiger partial charge in [0, 0.05) is 24.4 Å². The summed E-state index contributed by atoms with van der Waals surface area (Å²) in [6, 6.07) is 3.59. The van der Waals surface area contributed by atoms with Crippen LogP contribution >= 0.6 is 11.3 Å². The standard InChI is InChI=1S/C14H13N5O2S/c15-8-11(6-10-7-13(19(20)21)22-9-10)14-17-16-12-4-2-1-3-5-18(12)14/h6-7,9H,1-5H2/b11-6+. The lowest BCUT2D eigenvalue weighted by Gasteiger charge is -2.05. The number of rotatable bonds is 3. The summed E-state index contributed by atoms with van der Waals surface area (Å²) in [5, 5.41) is 30.2. The zero-order valence-electron chi connectivity index (χ0n) is 11.7. The molecular formula is C14H13N5O2S. The number of thiophene rings is 1. The van der Waals surface area contributed by atoms with E-state index in [9.17, 15) is 15.4 Å². The molecule has 8 heteroatoms. The Bertz CT molecular complexity index is 783. The molecule has 112 valence electrons. The number of nitrogens with zero attached hydrogens (tertiary/aromatic N) is 5. The van der Waals surface area contributed by atoms with Crippen LogP contribution in [-0.4, -0.2) is 19.7 Å². The van der Waals surface area contributed by atoms with Crippen LogP contribution in [0.25, 0.3) is 11.6 Å². The van der Waals surface area contributed by atoms with Crippen molar-refractivity contribution in [3.05, 3.63) is 38.8 Å². The lowest BCUT2D eigenvalue weighted by molar-refractivity contribution is -0.380. The average molecular weight is 315 g/mol. The third-order valence-corrected chi connectivity index (χ3v) is 4.47. The van der Waals surface area contributed by atoms with Crippen LogP contribution in [0.15, 0.2) is 11.4 Å². The quantitative estimate of drug-likeness (QED) is 0.492. The van der Waals surface area contributed by atoms with Gasteiger partial charge in [0.25, 0.3) is 0 Å². The van der Waals surface area contributed by atoms with Gasteiger partial charge in [0.15, 0.2) is 5.82 Å². The fourth-order valence-corrected chi connectivity index (χ4v) is 3.19. The molecule has 0 unspecified atom stereocenters. The SMILES string of the molecule is N#C/C(=C\c1csc([N+](=O)[O-])c1)c1nnc2n1CCCCC2. The van der Waals surface area contributed by atoms with Crippen LogP contribution in [0.2, 0.25) is 0 Å². The maximum Gasteiger partial charge on any atom is 0.324 e. The van der Waals surface area contributed by atoms with Crippen LogP contribution in [0, 0.1) is 21.4 Å². The first-order valence-electron chi connectivity index (χ1n) is 6.96. The van der Waals surface area contributed by atoms with Crippen molar-refractivity contribution in [2.45, 2.75) is 32.2 Å². The van der Waals surface area contributed by atoms with Gasteiger partial charge in [-0.1, -0.05) is 17.8 Å². The monoisotopic (exact) mass is 315 g/mol.